The first-order chi connectivity index (χ1) is 14.4. The molecule has 0 aliphatic carbocycles. The fourth-order valence-corrected chi connectivity index (χ4v) is 3.56. The number of amides is 2. The highest BCUT2D eigenvalue weighted by Crippen LogP contribution is 2.41. The molecule has 1 unspecified atom stereocenters. The van der Waals surface area contributed by atoms with Crippen LogP contribution in [-0.4, -0.2) is 68.6 Å². The number of hydrogen-bond acceptors (Lipinski definition) is 4. The van der Waals surface area contributed by atoms with Gasteiger partial charge in [0.1, 0.15) is 5.82 Å². The van der Waals surface area contributed by atoms with E-state index in [1.807, 2.05) is 0 Å². The third-order valence-corrected chi connectivity index (χ3v) is 5.38. The molecule has 0 radical (unpaired) electrons. The first-order valence-corrected chi connectivity index (χ1v) is 9.61. The van der Waals surface area contributed by atoms with E-state index < -0.39 is 41.7 Å². The number of aryl methyl sites for hydroxylation is 1. The molecule has 1 aromatic carbocycles. The molecule has 12 heteroatoms. The van der Waals surface area contributed by atoms with Crippen LogP contribution in [0.15, 0.2) is 30.6 Å². The normalized spacial score (nSPS) is 16.9. The zero-order valence-corrected chi connectivity index (χ0v) is 17.1. The third kappa shape index (κ3) is 4.52. The Morgan fingerprint density at radius 1 is 1.16 bits per heavy atom. The van der Waals surface area contributed by atoms with Crippen LogP contribution in [0, 0.1) is 5.82 Å². The van der Waals surface area contributed by atoms with Gasteiger partial charge in [-0.2, -0.15) is 13.2 Å². The number of rotatable bonds is 4. The Morgan fingerprint density at radius 3 is 2.32 bits per heavy atom. The summed E-state index contributed by atoms with van der Waals surface area (Å²) in [6.45, 7) is -0.157. The zero-order chi connectivity index (χ0) is 23.0. The summed E-state index contributed by atoms with van der Waals surface area (Å²) >= 11 is 5.80. The number of benzene rings is 1. The lowest BCUT2D eigenvalue weighted by Crippen LogP contribution is -2.53. The Bertz CT molecular complexity index is 989. The van der Waals surface area contributed by atoms with Gasteiger partial charge >= 0.3 is 6.18 Å². The summed E-state index contributed by atoms with van der Waals surface area (Å²) in [6, 6.07) is 3.55. The van der Waals surface area contributed by atoms with Crippen molar-refractivity contribution in [3.8, 4) is 0 Å². The number of nitrogens with zero attached hydrogens (tertiary/aromatic N) is 4. The van der Waals surface area contributed by atoms with Crippen molar-refractivity contribution in [3.63, 3.8) is 0 Å². The van der Waals surface area contributed by atoms with Crippen molar-refractivity contribution in [3.05, 3.63) is 52.8 Å². The summed E-state index contributed by atoms with van der Waals surface area (Å²) < 4.78 is 55.8. The van der Waals surface area contributed by atoms with E-state index in [-0.39, 0.29) is 36.8 Å². The molecule has 1 aromatic heterocycles. The van der Waals surface area contributed by atoms with Crippen LogP contribution in [-0.2, 0) is 17.4 Å². The van der Waals surface area contributed by atoms with Crippen molar-refractivity contribution in [1.82, 2.24) is 19.4 Å². The van der Waals surface area contributed by atoms with E-state index in [1.54, 1.807) is 0 Å². The van der Waals surface area contributed by atoms with Gasteiger partial charge in [0, 0.05) is 50.6 Å². The highest BCUT2D eigenvalue weighted by atomic mass is 35.5. The summed E-state index contributed by atoms with van der Waals surface area (Å²) in [6.07, 6.45) is -4.06. The maximum Gasteiger partial charge on any atom is 0.425 e. The van der Waals surface area contributed by atoms with Gasteiger partial charge in [0.25, 0.3) is 5.91 Å². The van der Waals surface area contributed by atoms with Gasteiger partial charge in [0.05, 0.1) is 12.0 Å². The lowest BCUT2D eigenvalue weighted by atomic mass is 9.96. The number of halogens is 5. The van der Waals surface area contributed by atoms with Crippen LogP contribution in [0.5, 0.6) is 0 Å². The fraction of sp³-hybridized carbons (Fsp3) is 0.421. The van der Waals surface area contributed by atoms with E-state index in [9.17, 15) is 32.3 Å². The minimum absolute atomic E-state index is 0.0105. The second-order valence-corrected chi connectivity index (χ2v) is 7.63. The average molecular weight is 463 g/mol. The molecule has 0 spiro atoms. The van der Waals surface area contributed by atoms with Crippen LogP contribution in [0.25, 0.3) is 0 Å². The number of aliphatic hydroxyl groups is 1. The molecule has 1 saturated heterocycles. The third-order valence-electron chi connectivity index (χ3n) is 5.15. The Balaban J connectivity index is 1.69. The lowest BCUT2D eigenvalue weighted by molar-refractivity contribution is -0.272. The second kappa shape index (κ2) is 8.46. The quantitative estimate of drug-likeness (QED) is 0.707. The minimum atomic E-state index is -5.14. The average Bonchev–Trinajstić information content (AvgIpc) is 3.15. The van der Waals surface area contributed by atoms with E-state index in [0.717, 1.165) is 21.7 Å². The van der Waals surface area contributed by atoms with E-state index in [4.69, 9.17) is 11.6 Å². The van der Waals surface area contributed by atoms with Gasteiger partial charge in [-0.05, 0) is 18.2 Å². The molecule has 3 rings (SSSR count). The Hall–Kier alpha value is -2.66. The van der Waals surface area contributed by atoms with Crippen LogP contribution in [0.3, 0.4) is 0 Å². The summed E-state index contributed by atoms with van der Waals surface area (Å²) in [5.41, 5.74) is -3.69. The summed E-state index contributed by atoms with van der Waals surface area (Å²) in [7, 11) is 1.28. The minimum Gasteiger partial charge on any atom is -0.374 e. The monoisotopic (exact) mass is 462 g/mol. The van der Waals surface area contributed by atoms with Crippen LogP contribution < -0.4 is 0 Å². The number of aromatic nitrogens is 2. The fourth-order valence-electron chi connectivity index (χ4n) is 3.39. The molecule has 1 atom stereocenters. The van der Waals surface area contributed by atoms with E-state index in [0.29, 0.717) is 0 Å². The summed E-state index contributed by atoms with van der Waals surface area (Å²) in [5.74, 6) is -3.02. The Kier molecular flexibility index (Phi) is 6.28. The van der Waals surface area contributed by atoms with Gasteiger partial charge in [-0.3, -0.25) is 9.59 Å². The summed E-state index contributed by atoms with van der Waals surface area (Å²) in [5, 5.41) is 10.5. The highest BCUT2D eigenvalue weighted by molar-refractivity contribution is 6.31. The van der Waals surface area contributed by atoms with Gasteiger partial charge in [0.15, 0.2) is 5.82 Å². The first-order valence-electron chi connectivity index (χ1n) is 9.23. The van der Waals surface area contributed by atoms with Crippen molar-refractivity contribution in [2.75, 3.05) is 26.2 Å². The lowest BCUT2D eigenvalue weighted by Gasteiger charge is -2.37. The molecule has 2 amide bonds. The molecule has 2 heterocycles. The molecular formula is C19H19ClF4N4O3. The number of alkyl halides is 3. The molecule has 0 bridgehead atoms. The molecule has 0 saturated carbocycles. The van der Waals surface area contributed by atoms with Gasteiger partial charge in [-0.1, -0.05) is 11.6 Å². The number of hydrogen-bond donors (Lipinski definition) is 1. The second-order valence-electron chi connectivity index (χ2n) is 7.19. The molecule has 1 N–H and O–H groups in total. The van der Waals surface area contributed by atoms with Gasteiger partial charge in [0.2, 0.25) is 11.5 Å². The van der Waals surface area contributed by atoms with Crippen LogP contribution in [0.4, 0.5) is 17.6 Å². The van der Waals surface area contributed by atoms with E-state index in [2.05, 4.69) is 4.98 Å². The smallest absolute Gasteiger partial charge is 0.374 e. The molecule has 1 fully saturated rings. The van der Waals surface area contributed by atoms with E-state index in [1.165, 1.54) is 30.3 Å². The SMILES string of the molecule is Cn1ccnc1C(O)(CC(=O)N1CCN(C(=O)c2cc(Cl)ccc2F)CC1)C(F)(F)F. The largest absolute Gasteiger partial charge is 0.425 e. The van der Waals surface area contributed by atoms with Gasteiger partial charge < -0.3 is 19.5 Å². The molecular weight excluding hydrogens is 444 g/mol. The Morgan fingerprint density at radius 2 is 1.77 bits per heavy atom. The predicted octanol–water partition coefficient (Wildman–Crippen LogP) is 2.34. The summed E-state index contributed by atoms with van der Waals surface area (Å²) in [4.78, 5) is 31.1. The van der Waals surface area contributed by atoms with Crippen molar-refractivity contribution in [2.45, 2.75) is 18.2 Å². The first kappa shape index (κ1) is 23.0. The topological polar surface area (TPSA) is 78.7 Å². The number of carbonyl (C=O) groups excluding carboxylic acids is 2. The molecule has 31 heavy (non-hydrogen) atoms. The van der Waals surface area contributed by atoms with Crippen molar-refractivity contribution >= 4 is 23.4 Å². The zero-order valence-electron chi connectivity index (χ0n) is 16.4. The molecule has 1 aliphatic heterocycles. The van der Waals surface area contributed by atoms with Gasteiger partial charge in [-0.25, -0.2) is 9.37 Å². The van der Waals surface area contributed by atoms with Crippen molar-refractivity contribution in [2.24, 2.45) is 7.05 Å². The number of piperazine rings is 1. The molecule has 2 aromatic rings. The maximum atomic E-state index is 13.9. The molecule has 168 valence electrons. The Labute approximate surface area is 179 Å². The van der Waals surface area contributed by atoms with Crippen LogP contribution in [0.1, 0.15) is 22.6 Å². The maximum absolute atomic E-state index is 13.9. The number of carbonyl (C=O) groups is 2. The highest BCUT2D eigenvalue weighted by Gasteiger charge is 2.59. The van der Waals surface area contributed by atoms with Crippen molar-refractivity contribution in [1.29, 1.82) is 0 Å². The molecule has 1 aliphatic rings. The molecule has 7 nitrogen and oxygen atoms in total. The predicted molar refractivity (Wildman–Crippen MR) is 102 cm³/mol. The van der Waals surface area contributed by atoms with Gasteiger partial charge in [-0.15, -0.1) is 0 Å². The standard InChI is InChI=1S/C19H19ClF4N4O3/c1-26-5-4-25-17(26)18(31,19(22,23)24)11-15(29)27-6-8-28(9-7-27)16(30)13-10-12(20)2-3-14(13)21/h2-5,10,31H,6-9,11H2,1H3. The van der Waals surface area contributed by atoms with Crippen molar-refractivity contribution < 1.29 is 32.3 Å². The van der Waals surface area contributed by atoms with Crippen LogP contribution in [0.2, 0.25) is 5.02 Å². The van der Waals surface area contributed by atoms with E-state index >= 15 is 0 Å². The van der Waals surface area contributed by atoms with Crippen LogP contribution >= 0.6 is 11.6 Å². The number of imidazole rings is 1.